The van der Waals surface area contributed by atoms with E-state index in [1.165, 1.54) is 27.8 Å². The van der Waals surface area contributed by atoms with Crippen LogP contribution in [0.3, 0.4) is 0 Å². The molecule has 0 saturated carbocycles. The highest BCUT2D eigenvalue weighted by Crippen LogP contribution is 2.30. The number of Topliss-reactive ketones (excluding diaryl/α,β-unsaturated/α-hetero) is 1. The molecule has 1 aromatic heterocycles. The van der Waals surface area contributed by atoms with Crippen molar-refractivity contribution in [1.82, 2.24) is 14.8 Å². The molecule has 2 aliphatic heterocycles. The third-order valence-corrected chi connectivity index (χ3v) is 7.22. The lowest BCUT2D eigenvalue weighted by molar-refractivity contribution is -0.125. The van der Waals surface area contributed by atoms with Crippen molar-refractivity contribution in [3.05, 3.63) is 60.3 Å². The summed E-state index contributed by atoms with van der Waals surface area (Å²) in [7, 11) is 4.08. The number of aromatic amines is 1. The van der Waals surface area contributed by atoms with Gasteiger partial charge in [0.2, 0.25) is 0 Å². The van der Waals surface area contributed by atoms with Crippen molar-refractivity contribution in [3.63, 3.8) is 0 Å². The summed E-state index contributed by atoms with van der Waals surface area (Å²) in [6.07, 6.45) is 4.63. The van der Waals surface area contributed by atoms with E-state index in [-0.39, 0.29) is 12.1 Å². The van der Waals surface area contributed by atoms with Gasteiger partial charge in [-0.3, -0.25) is 9.69 Å². The molecule has 1 fully saturated rings. The number of hydrogen-bond donors (Lipinski definition) is 2. The summed E-state index contributed by atoms with van der Waals surface area (Å²) in [6.45, 7) is 4.47. The number of fused-ring (bicyclic) bond motifs is 2. The van der Waals surface area contributed by atoms with E-state index < -0.39 is 0 Å². The van der Waals surface area contributed by atoms with Crippen LogP contribution in [0.15, 0.2) is 54.7 Å². The van der Waals surface area contributed by atoms with E-state index in [0.717, 1.165) is 45.6 Å². The van der Waals surface area contributed by atoms with Crippen LogP contribution in [0.25, 0.3) is 10.9 Å². The van der Waals surface area contributed by atoms with Crippen LogP contribution in [0.1, 0.15) is 18.4 Å². The van der Waals surface area contributed by atoms with Crippen LogP contribution in [0, 0.1) is 0 Å². The van der Waals surface area contributed by atoms with Gasteiger partial charge in [0.25, 0.3) is 0 Å². The van der Waals surface area contributed by atoms with Gasteiger partial charge in [-0.1, -0.05) is 24.3 Å². The molecule has 2 unspecified atom stereocenters. The fourth-order valence-electron chi connectivity index (χ4n) is 5.45. The minimum Gasteiger partial charge on any atom is -0.380 e. The summed E-state index contributed by atoms with van der Waals surface area (Å²) in [5.74, 6) is 0.363. The first-order valence-electron chi connectivity index (χ1n) is 12.2. The van der Waals surface area contributed by atoms with E-state index in [2.05, 4.69) is 73.5 Å². The second-order valence-corrected chi connectivity index (χ2v) is 9.65. The third-order valence-electron chi connectivity index (χ3n) is 7.22. The van der Waals surface area contributed by atoms with Crippen LogP contribution in [0.5, 0.6) is 0 Å². The van der Waals surface area contributed by atoms with Crippen LogP contribution in [-0.2, 0) is 11.2 Å². The number of nitrogens with zero attached hydrogens (tertiary/aromatic N) is 3. The van der Waals surface area contributed by atoms with Crippen molar-refractivity contribution in [2.45, 2.75) is 31.3 Å². The third kappa shape index (κ3) is 4.63. The van der Waals surface area contributed by atoms with Crippen LogP contribution >= 0.6 is 0 Å². The summed E-state index contributed by atoms with van der Waals surface area (Å²) >= 11 is 0. The number of hydrogen-bond acceptors (Lipinski definition) is 5. The minimum atomic E-state index is -0.0801. The average molecular weight is 446 g/mol. The maximum atomic E-state index is 13.5. The Hall–Kier alpha value is -2.83. The maximum Gasteiger partial charge on any atom is 0.153 e. The van der Waals surface area contributed by atoms with Crippen LogP contribution in [-0.4, -0.2) is 79.5 Å². The zero-order chi connectivity index (χ0) is 22.8. The number of rotatable bonds is 7. The first-order chi connectivity index (χ1) is 16.1. The number of aryl methyl sites for hydroxylation is 1. The Morgan fingerprint density at radius 2 is 1.88 bits per heavy atom. The molecule has 3 aromatic rings. The van der Waals surface area contributed by atoms with Gasteiger partial charge in [-0.05, 0) is 56.8 Å². The van der Waals surface area contributed by atoms with Crippen molar-refractivity contribution in [1.29, 1.82) is 0 Å². The zero-order valence-electron chi connectivity index (χ0n) is 19.8. The molecule has 0 radical (unpaired) electrons. The lowest BCUT2D eigenvalue weighted by Crippen LogP contribution is -2.59. The monoisotopic (exact) mass is 445 g/mol. The van der Waals surface area contributed by atoms with E-state index in [1.807, 2.05) is 20.3 Å². The Morgan fingerprint density at radius 3 is 2.70 bits per heavy atom. The minimum absolute atomic E-state index is 0.0801. The smallest absolute Gasteiger partial charge is 0.153 e. The Bertz CT molecular complexity index is 1100. The Morgan fingerprint density at radius 1 is 1.06 bits per heavy atom. The Labute approximate surface area is 196 Å². The Balaban J connectivity index is 1.33. The van der Waals surface area contributed by atoms with Crippen LogP contribution in [0.4, 0.5) is 11.4 Å². The first-order valence-corrected chi connectivity index (χ1v) is 12.2. The largest absolute Gasteiger partial charge is 0.380 e. The molecule has 2 aliphatic rings. The number of para-hydroxylation sites is 1. The molecule has 0 aliphatic carbocycles. The number of aromatic nitrogens is 1. The van der Waals surface area contributed by atoms with Gasteiger partial charge in [0.1, 0.15) is 0 Å². The zero-order valence-corrected chi connectivity index (χ0v) is 19.8. The number of carbonyl (C=O) groups is 1. The molecular formula is C27H35N5O. The number of benzene rings is 2. The molecule has 5 rings (SSSR count). The number of carbonyl (C=O) groups excluding carboxylic acids is 1. The lowest BCUT2D eigenvalue weighted by Gasteiger charge is -2.44. The van der Waals surface area contributed by atoms with E-state index >= 15 is 0 Å². The summed E-state index contributed by atoms with van der Waals surface area (Å²) in [6, 6.07) is 17.2. The molecule has 0 bridgehead atoms. The van der Waals surface area contributed by atoms with Gasteiger partial charge < -0.3 is 20.1 Å². The first kappa shape index (κ1) is 22.0. The molecule has 33 heavy (non-hydrogen) atoms. The molecular weight excluding hydrogens is 410 g/mol. The summed E-state index contributed by atoms with van der Waals surface area (Å²) in [5.41, 5.74) is 5.01. The SMILES string of the molecule is CN(C)CCC(=O)C(C1CCc2ccccc2N1)N1CCN(c2cccc3[nH]ccc23)CC1. The van der Waals surface area contributed by atoms with Crippen molar-refractivity contribution in [2.24, 2.45) is 0 Å². The fraction of sp³-hybridized carbons (Fsp3) is 0.444. The van der Waals surface area contributed by atoms with Gasteiger partial charge >= 0.3 is 0 Å². The van der Waals surface area contributed by atoms with Crippen molar-refractivity contribution >= 4 is 28.1 Å². The van der Waals surface area contributed by atoms with Crippen LogP contribution in [0.2, 0.25) is 0 Å². The summed E-state index contributed by atoms with van der Waals surface area (Å²) < 4.78 is 0. The van der Waals surface area contributed by atoms with Crippen molar-refractivity contribution < 1.29 is 4.79 Å². The number of H-pyrrole nitrogens is 1. The van der Waals surface area contributed by atoms with Crippen molar-refractivity contribution in [3.8, 4) is 0 Å². The quantitative estimate of drug-likeness (QED) is 0.582. The number of nitrogens with one attached hydrogen (secondary N) is 2. The van der Waals surface area contributed by atoms with E-state index in [4.69, 9.17) is 0 Å². The molecule has 2 atom stereocenters. The molecule has 0 amide bonds. The number of anilines is 2. The van der Waals surface area contributed by atoms with E-state index in [9.17, 15) is 4.79 Å². The molecule has 6 nitrogen and oxygen atoms in total. The van der Waals surface area contributed by atoms with Gasteiger partial charge in [-0.2, -0.15) is 0 Å². The van der Waals surface area contributed by atoms with Gasteiger partial charge in [-0.15, -0.1) is 0 Å². The highest BCUT2D eigenvalue weighted by molar-refractivity contribution is 5.92. The van der Waals surface area contributed by atoms with Crippen LogP contribution < -0.4 is 10.2 Å². The fourth-order valence-corrected chi connectivity index (χ4v) is 5.45. The second kappa shape index (κ2) is 9.57. The molecule has 2 aromatic carbocycles. The second-order valence-electron chi connectivity index (χ2n) is 9.65. The molecule has 3 heterocycles. The molecule has 6 heteroatoms. The average Bonchev–Trinajstić information content (AvgIpc) is 3.32. The maximum absolute atomic E-state index is 13.5. The topological polar surface area (TPSA) is 54.6 Å². The molecule has 1 saturated heterocycles. The molecule has 174 valence electrons. The Kier molecular flexibility index (Phi) is 6.38. The van der Waals surface area contributed by atoms with E-state index in [1.54, 1.807) is 0 Å². The highest BCUT2D eigenvalue weighted by Gasteiger charge is 2.36. The standard InChI is InChI=1S/C27H35N5O/c1-30(2)15-13-26(33)27(24-11-10-20-6-3-4-7-22(20)29-24)32-18-16-31(17-19-32)25-9-5-8-23-21(25)12-14-28-23/h3-9,12,14,24,27-29H,10-11,13,15-19H2,1-2H3. The van der Waals surface area contributed by atoms with Crippen molar-refractivity contribution in [2.75, 3.05) is 57.0 Å². The van der Waals surface area contributed by atoms with Gasteiger partial charge in [-0.25, -0.2) is 0 Å². The van der Waals surface area contributed by atoms with Gasteiger partial charge in [0.15, 0.2) is 5.78 Å². The number of ketones is 1. The lowest BCUT2D eigenvalue weighted by atomic mass is 9.89. The number of piperazine rings is 1. The summed E-state index contributed by atoms with van der Waals surface area (Å²) in [4.78, 5) is 23.9. The normalized spacial score (nSPS) is 20.0. The van der Waals surface area contributed by atoms with Gasteiger partial charge in [0.05, 0.1) is 6.04 Å². The predicted octanol–water partition coefficient (Wildman–Crippen LogP) is 3.61. The predicted molar refractivity (Wildman–Crippen MR) is 136 cm³/mol. The highest BCUT2D eigenvalue weighted by atomic mass is 16.1. The van der Waals surface area contributed by atoms with Gasteiger partial charge in [0, 0.05) is 73.7 Å². The summed E-state index contributed by atoms with van der Waals surface area (Å²) in [5, 5.41) is 5.01. The molecule has 2 N–H and O–H groups in total. The van der Waals surface area contributed by atoms with E-state index in [0.29, 0.717) is 12.2 Å². The molecule has 0 spiro atoms.